The fraction of sp³-hybridized carbons (Fsp3) is 0.830. The normalized spacial score (nSPS) is 13.7. The summed E-state index contributed by atoms with van der Waals surface area (Å²) in [5.74, 6) is -0.505. The molecule has 0 rings (SSSR count). The van der Waals surface area contributed by atoms with Gasteiger partial charge in [0.1, 0.15) is 6.10 Å². The van der Waals surface area contributed by atoms with Crippen molar-refractivity contribution < 1.29 is 24.5 Å². The first-order chi connectivity index (χ1) is 26.0. The Morgan fingerprint density at radius 2 is 1.02 bits per heavy atom. The van der Waals surface area contributed by atoms with Gasteiger partial charge in [-0.3, -0.25) is 9.59 Å². The summed E-state index contributed by atoms with van der Waals surface area (Å²) in [7, 11) is 0. The van der Waals surface area contributed by atoms with E-state index in [4.69, 9.17) is 4.74 Å². The molecule has 0 aliphatic rings. The standard InChI is InChI=1S/C47H87NO5/c1-4-7-10-13-16-19-22-23-25-28-31-34-37-40-47(52)53-43(38-35-32-29-26-24-20-17-14-11-8-5-2)41-46(51)48-44(42-49)45(50)39-36-33-30-27-21-18-15-12-9-6-3/h8,11,14,17,20,24,43-45,49-50H,4-7,9-10,12-13,15-16,18-19,21-23,25-42H2,1-3H3,(H,48,51)/b11-8+,17-14+,24-20-. The molecule has 0 aromatic rings. The van der Waals surface area contributed by atoms with Crippen LogP contribution in [0.2, 0.25) is 0 Å². The molecule has 3 N–H and O–H groups in total. The van der Waals surface area contributed by atoms with Crippen LogP contribution >= 0.6 is 0 Å². The molecule has 0 aromatic carbocycles. The van der Waals surface area contributed by atoms with Crippen molar-refractivity contribution in [2.24, 2.45) is 0 Å². The molecule has 3 unspecified atom stereocenters. The number of rotatable bonds is 40. The first-order valence-corrected chi connectivity index (χ1v) is 22.7. The van der Waals surface area contributed by atoms with E-state index in [0.717, 1.165) is 70.6 Å². The number of ether oxygens (including phenoxy) is 1. The maximum atomic E-state index is 13.1. The van der Waals surface area contributed by atoms with Gasteiger partial charge in [0.05, 0.1) is 25.2 Å². The molecule has 0 saturated heterocycles. The van der Waals surface area contributed by atoms with Crippen LogP contribution < -0.4 is 5.32 Å². The van der Waals surface area contributed by atoms with Crippen LogP contribution in [0.3, 0.4) is 0 Å². The highest BCUT2D eigenvalue weighted by atomic mass is 16.5. The summed E-state index contributed by atoms with van der Waals surface area (Å²) in [5.41, 5.74) is 0. The smallest absolute Gasteiger partial charge is 0.306 e. The summed E-state index contributed by atoms with van der Waals surface area (Å²) >= 11 is 0. The van der Waals surface area contributed by atoms with E-state index in [9.17, 15) is 19.8 Å². The Morgan fingerprint density at radius 3 is 1.53 bits per heavy atom. The van der Waals surface area contributed by atoms with Gasteiger partial charge in [-0.05, 0) is 44.9 Å². The second-order valence-corrected chi connectivity index (χ2v) is 15.5. The summed E-state index contributed by atoms with van der Waals surface area (Å²) in [6.45, 7) is 6.31. The Hall–Kier alpha value is -1.92. The number of allylic oxidation sites excluding steroid dienone is 6. The van der Waals surface area contributed by atoms with Crippen molar-refractivity contribution in [3.63, 3.8) is 0 Å². The second kappa shape index (κ2) is 41.2. The summed E-state index contributed by atoms with van der Waals surface area (Å²) in [6, 6.07) is -0.707. The number of esters is 1. The fourth-order valence-electron chi connectivity index (χ4n) is 6.84. The van der Waals surface area contributed by atoms with E-state index in [2.05, 4.69) is 50.4 Å². The van der Waals surface area contributed by atoms with Crippen molar-refractivity contribution in [2.75, 3.05) is 6.61 Å². The monoisotopic (exact) mass is 746 g/mol. The number of carbonyl (C=O) groups excluding carboxylic acids is 2. The van der Waals surface area contributed by atoms with Gasteiger partial charge < -0.3 is 20.3 Å². The van der Waals surface area contributed by atoms with Crippen molar-refractivity contribution in [3.8, 4) is 0 Å². The van der Waals surface area contributed by atoms with Crippen molar-refractivity contribution in [1.82, 2.24) is 5.32 Å². The highest BCUT2D eigenvalue weighted by Crippen LogP contribution is 2.17. The van der Waals surface area contributed by atoms with Gasteiger partial charge in [0, 0.05) is 6.42 Å². The second-order valence-electron chi connectivity index (χ2n) is 15.5. The number of aliphatic hydroxyl groups is 2. The van der Waals surface area contributed by atoms with E-state index < -0.39 is 18.2 Å². The molecule has 0 spiro atoms. The van der Waals surface area contributed by atoms with Crippen molar-refractivity contribution in [3.05, 3.63) is 36.5 Å². The molecule has 0 aliphatic heterocycles. The van der Waals surface area contributed by atoms with Gasteiger partial charge in [-0.1, -0.05) is 205 Å². The lowest BCUT2D eigenvalue weighted by molar-refractivity contribution is -0.151. The predicted molar refractivity (Wildman–Crippen MR) is 227 cm³/mol. The Balaban J connectivity index is 4.61. The van der Waals surface area contributed by atoms with E-state index in [1.54, 1.807) is 0 Å². The van der Waals surface area contributed by atoms with Crippen molar-refractivity contribution >= 4 is 11.9 Å². The SMILES string of the molecule is CC/C=C/C=C/C=C\CCCCCC(CC(=O)NC(CO)C(O)CCCCCCCCCCCC)OC(=O)CCCCCCCCCCCCCCC. The number of carbonyl (C=O) groups is 2. The third-order valence-corrected chi connectivity index (χ3v) is 10.3. The lowest BCUT2D eigenvalue weighted by atomic mass is 10.0. The average Bonchev–Trinajstić information content (AvgIpc) is 3.15. The molecular formula is C47H87NO5. The third-order valence-electron chi connectivity index (χ3n) is 10.3. The van der Waals surface area contributed by atoms with E-state index in [1.165, 1.54) is 109 Å². The topological polar surface area (TPSA) is 95.9 Å². The van der Waals surface area contributed by atoms with Crippen LogP contribution in [0.25, 0.3) is 0 Å². The van der Waals surface area contributed by atoms with Crippen LogP contribution in [0.15, 0.2) is 36.5 Å². The minimum absolute atomic E-state index is 0.0573. The molecule has 0 heterocycles. The number of nitrogens with one attached hydrogen (secondary N) is 1. The number of hydrogen-bond donors (Lipinski definition) is 3. The molecule has 6 nitrogen and oxygen atoms in total. The Bertz CT molecular complexity index is 884. The molecule has 0 saturated carbocycles. The molecule has 53 heavy (non-hydrogen) atoms. The summed E-state index contributed by atoms with van der Waals surface area (Å²) in [4.78, 5) is 25.9. The lowest BCUT2D eigenvalue weighted by Crippen LogP contribution is -2.46. The Kier molecular flexibility index (Phi) is 39.8. The van der Waals surface area contributed by atoms with E-state index in [-0.39, 0.29) is 24.9 Å². The van der Waals surface area contributed by atoms with E-state index >= 15 is 0 Å². The highest BCUT2D eigenvalue weighted by Gasteiger charge is 2.24. The minimum Gasteiger partial charge on any atom is -0.462 e. The van der Waals surface area contributed by atoms with Crippen LogP contribution in [0.4, 0.5) is 0 Å². The molecule has 6 heteroatoms. The fourth-order valence-corrected chi connectivity index (χ4v) is 6.84. The molecule has 310 valence electrons. The number of hydrogen-bond acceptors (Lipinski definition) is 5. The molecule has 3 atom stereocenters. The zero-order valence-electron chi connectivity index (χ0n) is 35.1. The third kappa shape index (κ3) is 36.8. The first-order valence-electron chi connectivity index (χ1n) is 22.7. The molecule has 0 aliphatic carbocycles. The van der Waals surface area contributed by atoms with Crippen molar-refractivity contribution in [1.29, 1.82) is 0 Å². The zero-order chi connectivity index (χ0) is 38.9. The summed E-state index contributed by atoms with van der Waals surface area (Å²) < 4.78 is 5.88. The van der Waals surface area contributed by atoms with Crippen molar-refractivity contribution in [2.45, 2.75) is 244 Å². The predicted octanol–water partition coefficient (Wildman–Crippen LogP) is 12.9. The van der Waals surface area contributed by atoms with Gasteiger partial charge in [0.15, 0.2) is 0 Å². The molecule has 0 aromatic heterocycles. The van der Waals surface area contributed by atoms with Gasteiger partial charge >= 0.3 is 5.97 Å². The summed E-state index contributed by atoms with van der Waals surface area (Å²) in [5, 5.41) is 23.6. The van der Waals surface area contributed by atoms with Gasteiger partial charge in [-0.25, -0.2) is 0 Å². The molecule has 0 radical (unpaired) electrons. The maximum absolute atomic E-state index is 13.1. The molecule has 0 bridgehead atoms. The van der Waals surface area contributed by atoms with Gasteiger partial charge in [0.25, 0.3) is 0 Å². The highest BCUT2D eigenvalue weighted by molar-refractivity contribution is 5.77. The minimum atomic E-state index is -0.792. The quantitative estimate of drug-likeness (QED) is 0.0330. The molecule has 1 amide bonds. The Labute approximate surface area is 328 Å². The van der Waals surface area contributed by atoms with Gasteiger partial charge in [-0.2, -0.15) is 0 Å². The largest absolute Gasteiger partial charge is 0.462 e. The average molecular weight is 746 g/mol. The van der Waals surface area contributed by atoms with Crippen LogP contribution in [-0.2, 0) is 14.3 Å². The van der Waals surface area contributed by atoms with E-state index in [0.29, 0.717) is 19.3 Å². The number of aliphatic hydroxyl groups excluding tert-OH is 2. The molecule has 0 fully saturated rings. The lowest BCUT2D eigenvalue weighted by Gasteiger charge is -2.24. The van der Waals surface area contributed by atoms with Crippen LogP contribution in [0, 0.1) is 0 Å². The van der Waals surface area contributed by atoms with Crippen LogP contribution in [0.1, 0.15) is 226 Å². The number of amides is 1. The maximum Gasteiger partial charge on any atom is 0.306 e. The van der Waals surface area contributed by atoms with Crippen LogP contribution in [-0.4, -0.2) is 46.9 Å². The van der Waals surface area contributed by atoms with Gasteiger partial charge in [0.2, 0.25) is 5.91 Å². The first kappa shape index (κ1) is 51.1. The summed E-state index contributed by atoms with van der Waals surface area (Å²) in [6.07, 6.45) is 46.3. The van der Waals surface area contributed by atoms with Crippen LogP contribution in [0.5, 0.6) is 0 Å². The number of unbranched alkanes of at least 4 members (excludes halogenated alkanes) is 24. The van der Waals surface area contributed by atoms with Gasteiger partial charge in [-0.15, -0.1) is 0 Å². The Morgan fingerprint density at radius 1 is 0.566 bits per heavy atom. The molecular weight excluding hydrogens is 659 g/mol. The van der Waals surface area contributed by atoms with E-state index in [1.807, 2.05) is 12.2 Å². The zero-order valence-corrected chi connectivity index (χ0v) is 35.1.